The normalized spacial score (nSPS) is 22.7. The number of rotatable bonds is 6. The highest BCUT2D eigenvalue weighted by Crippen LogP contribution is 2.24. The van der Waals surface area contributed by atoms with Gasteiger partial charge in [0.15, 0.2) is 0 Å². The van der Waals surface area contributed by atoms with Gasteiger partial charge in [0.25, 0.3) is 0 Å². The van der Waals surface area contributed by atoms with Crippen LogP contribution in [-0.2, 0) is 14.3 Å². The van der Waals surface area contributed by atoms with Crippen LogP contribution in [0.25, 0.3) is 0 Å². The van der Waals surface area contributed by atoms with Crippen LogP contribution in [0.3, 0.4) is 0 Å². The number of hydrogen-bond donors (Lipinski definition) is 1. The van der Waals surface area contributed by atoms with Crippen LogP contribution in [0.15, 0.2) is 0 Å². The zero-order valence-electron chi connectivity index (χ0n) is 13.6. The van der Waals surface area contributed by atoms with Crippen molar-refractivity contribution >= 4 is 11.9 Å². The van der Waals surface area contributed by atoms with E-state index in [-0.39, 0.29) is 30.3 Å². The Kier molecular flexibility index (Phi) is 7.72. The minimum atomic E-state index is -0.276. The van der Waals surface area contributed by atoms with Crippen LogP contribution < -0.4 is 5.73 Å². The minimum absolute atomic E-state index is 0.0483. The Morgan fingerprint density at radius 2 is 1.90 bits per heavy atom. The van der Waals surface area contributed by atoms with Crippen LogP contribution in [0.2, 0.25) is 0 Å². The van der Waals surface area contributed by atoms with Gasteiger partial charge in [0, 0.05) is 19.1 Å². The highest BCUT2D eigenvalue weighted by molar-refractivity contribution is 5.80. The van der Waals surface area contributed by atoms with Crippen molar-refractivity contribution in [3.63, 3.8) is 0 Å². The molecule has 0 bridgehead atoms. The first-order valence-corrected chi connectivity index (χ1v) is 8.07. The molecule has 21 heavy (non-hydrogen) atoms. The van der Waals surface area contributed by atoms with Gasteiger partial charge in [-0.1, -0.05) is 33.1 Å². The van der Waals surface area contributed by atoms with Crippen LogP contribution in [0, 0.1) is 11.8 Å². The molecule has 122 valence electrons. The number of nitrogens with two attached hydrogens (primary N) is 1. The molecule has 1 saturated carbocycles. The van der Waals surface area contributed by atoms with E-state index in [1.165, 1.54) is 7.11 Å². The Morgan fingerprint density at radius 1 is 1.24 bits per heavy atom. The molecule has 1 rings (SSSR count). The summed E-state index contributed by atoms with van der Waals surface area (Å²) in [5.74, 6) is 0.112. The second kappa shape index (κ2) is 9.03. The first-order chi connectivity index (χ1) is 9.95. The molecule has 5 nitrogen and oxygen atoms in total. The molecule has 0 aliphatic heterocycles. The van der Waals surface area contributed by atoms with Gasteiger partial charge in [-0.05, 0) is 18.8 Å². The van der Waals surface area contributed by atoms with Crippen molar-refractivity contribution in [1.82, 2.24) is 4.90 Å². The summed E-state index contributed by atoms with van der Waals surface area (Å²) in [7, 11) is 1.37. The summed E-state index contributed by atoms with van der Waals surface area (Å²) in [6, 6.07) is -0.0483. The Balaban J connectivity index is 2.70. The van der Waals surface area contributed by atoms with E-state index >= 15 is 0 Å². The first kappa shape index (κ1) is 18.0. The molecule has 1 amide bonds. The molecule has 5 heteroatoms. The fourth-order valence-electron chi connectivity index (χ4n) is 2.94. The van der Waals surface area contributed by atoms with E-state index < -0.39 is 0 Å². The third kappa shape index (κ3) is 6.04. The molecule has 1 aliphatic carbocycles. The van der Waals surface area contributed by atoms with Gasteiger partial charge in [0.2, 0.25) is 5.91 Å². The van der Waals surface area contributed by atoms with Crippen molar-refractivity contribution in [2.45, 2.75) is 58.4 Å². The highest BCUT2D eigenvalue weighted by atomic mass is 16.5. The molecule has 0 radical (unpaired) electrons. The van der Waals surface area contributed by atoms with Crippen LogP contribution >= 0.6 is 0 Å². The molecule has 2 N–H and O–H groups in total. The van der Waals surface area contributed by atoms with Gasteiger partial charge in [-0.15, -0.1) is 0 Å². The molecule has 2 atom stereocenters. The fraction of sp³-hybridized carbons (Fsp3) is 0.875. The number of carbonyl (C=O) groups excluding carboxylic acids is 2. The van der Waals surface area contributed by atoms with Gasteiger partial charge >= 0.3 is 5.97 Å². The minimum Gasteiger partial charge on any atom is -0.469 e. The van der Waals surface area contributed by atoms with Crippen molar-refractivity contribution in [1.29, 1.82) is 0 Å². The average molecular weight is 298 g/mol. The molecule has 0 aromatic rings. The lowest BCUT2D eigenvalue weighted by Gasteiger charge is -2.30. The summed E-state index contributed by atoms with van der Waals surface area (Å²) in [6.07, 6.45) is 5.37. The van der Waals surface area contributed by atoms with Crippen LogP contribution in [-0.4, -0.2) is 43.0 Å². The third-order valence-corrected chi connectivity index (χ3v) is 4.10. The Hall–Kier alpha value is -1.10. The number of methoxy groups -OCH3 is 1. The largest absolute Gasteiger partial charge is 0.469 e. The lowest BCUT2D eigenvalue weighted by Crippen LogP contribution is -2.45. The lowest BCUT2D eigenvalue weighted by atomic mass is 9.93. The van der Waals surface area contributed by atoms with E-state index in [1.54, 1.807) is 4.90 Å². The second-order valence-electron chi connectivity index (χ2n) is 6.41. The molecule has 0 heterocycles. The Morgan fingerprint density at radius 3 is 2.52 bits per heavy atom. The fourth-order valence-corrected chi connectivity index (χ4v) is 2.94. The van der Waals surface area contributed by atoms with Gasteiger partial charge in [0.05, 0.1) is 19.4 Å². The van der Waals surface area contributed by atoms with Crippen molar-refractivity contribution in [2.75, 3.05) is 20.2 Å². The third-order valence-electron chi connectivity index (χ3n) is 4.10. The predicted molar refractivity (Wildman–Crippen MR) is 82.6 cm³/mol. The molecular weight excluding hydrogens is 268 g/mol. The lowest BCUT2D eigenvalue weighted by molar-refractivity contribution is -0.142. The molecule has 1 aliphatic rings. The van der Waals surface area contributed by atoms with Gasteiger partial charge in [-0.3, -0.25) is 9.59 Å². The number of amides is 1. The summed E-state index contributed by atoms with van der Waals surface area (Å²) in [5, 5.41) is 0. The van der Waals surface area contributed by atoms with Gasteiger partial charge in [-0.2, -0.15) is 0 Å². The molecule has 1 fully saturated rings. The molecule has 2 unspecified atom stereocenters. The van der Waals surface area contributed by atoms with Gasteiger partial charge in [-0.25, -0.2) is 0 Å². The molecule has 0 aromatic heterocycles. The smallest absolute Gasteiger partial charge is 0.307 e. The Labute approximate surface area is 128 Å². The van der Waals surface area contributed by atoms with Crippen molar-refractivity contribution in [3.05, 3.63) is 0 Å². The Bertz CT molecular complexity index is 344. The summed E-state index contributed by atoms with van der Waals surface area (Å²) in [6.45, 7) is 5.24. The SMILES string of the molecule is COC(=O)CCN(CC(C)C)C(=O)C1CCCCCC1N. The van der Waals surface area contributed by atoms with E-state index in [0.717, 1.165) is 32.1 Å². The molecule has 0 spiro atoms. The van der Waals surface area contributed by atoms with E-state index in [0.29, 0.717) is 19.0 Å². The molecular formula is C16H30N2O3. The zero-order valence-corrected chi connectivity index (χ0v) is 13.6. The van der Waals surface area contributed by atoms with Gasteiger partial charge in [0.1, 0.15) is 0 Å². The van der Waals surface area contributed by atoms with Gasteiger partial charge < -0.3 is 15.4 Å². The van der Waals surface area contributed by atoms with Crippen molar-refractivity contribution in [3.8, 4) is 0 Å². The molecule has 0 aromatic carbocycles. The number of ether oxygens (including phenoxy) is 1. The summed E-state index contributed by atoms with van der Waals surface area (Å²) >= 11 is 0. The predicted octanol–water partition coefficient (Wildman–Crippen LogP) is 1.94. The van der Waals surface area contributed by atoms with Crippen LogP contribution in [0.5, 0.6) is 0 Å². The summed E-state index contributed by atoms with van der Waals surface area (Å²) < 4.78 is 4.67. The van der Waals surface area contributed by atoms with E-state index in [1.807, 2.05) is 0 Å². The van der Waals surface area contributed by atoms with Crippen LogP contribution in [0.4, 0.5) is 0 Å². The number of esters is 1. The molecule has 0 saturated heterocycles. The summed E-state index contributed by atoms with van der Waals surface area (Å²) in [4.78, 5) is 25.9. The van der Waals surface area contributed by atoms with Crippen LogP contribution in [0.1, 0.15) is 52.4 Å². The highest BCUT2D eigenvalue weighted by Gasteiger charge is 2.31. The zero-order chi connectivity index (χ0) is 15.8. The second-order valence-corrected chi connectivity index (χ2v) is 6.41. The van der Waals surface area contributed by atoms with E-state index in [2.05, 4.69) is 18.6 Å². The average Bonchev–Trinajstić information content (AvgIpc) is 2.66. The first-order valence-electron chi connectivity index (χ1n) is 8.07. The maximum absolute atomic E-state index is 12.8. The quantitative estimate of drug-likeness (QED) is 0.601. The number of carbonyl (C=O) groups is 2. The van der Waals surface area contributed by atoms with E-state index in [4.69, 9.17) is 5.73 Å². The maximum Gasteiger partial charge on any atom is 0.307 e. The van der Waals surface area contributed by atoms with Crippen molar-refractivity contribution in [2.24, 2.45) is 17.6 Å². The number of hydrogen-bond acceptors (Lipinski definition) is 4. The maximum atomic E-state index is 12.8. The topological polar surface area (TPSA) is 72.6 Å². The summed E-state index contributed by atoms with van der Waals surface area (Å²) in [5.41, 5.74) is 6.19. The van der Waals surface area contributed by atoms with E-state index in [9.17, 15) is 9.59 Å². The number of nitrogens with zero attached hydrogens (tertiary/aromatic N) is 1. The standard InChI is InChI=1S/C16H30N2O3/c1-12(2)11-18(10-9-15(19)21-3)16(20)13-7-5-4-6-8-14(13)17/h12-14H,4-11,17H2,1-3H3. The monoisotopic (exact) mass is 298 g/mol. The van der Waals surface area contributed by atoms with Crippen molar-refractivity contribution < 1.29 is 14.3 Å².